The van der Waals surface area contributed by atoms with Gasteiger partial charge in [-0.15, -0.1) is 0 Å². The zero-order chi connectivity index (χ0) is 22.9. The maximum atomic E-state index is 14.6. The van der Waals surface area contributed by atoms with Crippen LogP contribution in [0.15, 0.2) is 73.3 Å². The number of hydrogen-bond donors (Lipinski definition) is 1. The second-order valence-corrected chi connectivity index (χ2v) is 8.74. The van der Waals surface area contributed by atoms with Crippen LogP contribution < -0.4 is 4.72 Å². The third-order valence-corrected chi connectivity index (χ3v) is 6.04. The van der Waals surface area contributed by atoms with Gasteiger partial charge in [0, 0.05) is 59.2 Å². The van der Waals surface area contributed by atoms with E-state index in [0.717, 1.165) is 45.3 Å². The molecule has 1 N–H and O–H groups in total. The largest absolute Gasteiger partial charge is 0.330 e. The first-order valence-corrected chi connectivity index (χ1v) is 11.5. The molecule has 0 amide bonds. The molecule has 33 heavy (non-hydrogen) atoms. The lowest BCUT2D eigenvalue weighted by Crippen LogP contribution is -1.92. The van der Waals surface area contributed by atoms with Crippen molar-refractivity contribution in [1.29, 1.82) is 0 Å². The number of fused-ring (bicyclic) bond motifs is 1. The van der Waals surface area contributed by atoms with E-state index in [1.54, 1.807) is 22.8 Å². The lowest BCUT2D eigenvalue weighted by atomic mass is 9.98. The number of nitrogens with one attached hydrogen (secondary N) is 1. The Bertz CT molecular complexity index is 1460. The Morgan fingerprint density at radius 3 is 2.39 bits per heavy atom. The molecule has 0 aliphatic carbocycles. The fraction of sp³-hybridized carbons (Fsp3) is 0.120. The molecular formula is C25H21F2N5S. The SMILES string of the molecule is CCSNc1cc(-c2ccc(F)cc2F)cc(-c2cnn3cc(-c4cnn(C)c4)ccc23)c1. The summed E-state index contributed by atoms with van der Waals surface area (Å²) in [6, 6.07) is 13.5. The number of rotatable bonds is 6. The summed E-state index contributed by atoms with van der Waals surface area (Å²) in [6.45, 7) is 2.05. The zero-order valence-electron chi connectivity index (χ0n) is 18.1. The van der Waals surface area contributed by atoms with Crippen LogP contribution in [0.5, 0.6) is 0 Å². The van der Waals surface area contributed by atoms with Crippen LogP contribution in [0.3, 0.4) is 0 Å². The molecule has 0 unspecified atom stereocenters. The van der Waals surface area contributed by atoms with Crippen molar-refractivity contribution in [2.45, 2.75) is 6.92 Å². The standard InChI is InChI=1S/C25H21F2N5S/c1-3-33-30-21-9-17(22-6-5-20(26)11-24(22)27)8-18(10-21)23-13-29-32-15-16(4-7-25(23)32)19-12-28-31(2)14-19/h4-15,30H,3H2,1-2H3. The fourth-order valence-electron chi connectivity index (χ4n) is 3.82. The molecule has 2 aromatic carbocycles. The molecule has 8 heteroatoms. The van der Waals surface area contributed by atoms with Crippen LogP contribution in [0.25, 0.3) is 38.9 Å². The Morgan fingerprint density at radius 2 is 1.67 bits per heavy atom. The first-order chi connectivity index (χ1) is 16.0. The van der Waals surface area contributed by atoms with Crippen molar-refractivity contribution in [3.8, 4) is 33.4 Å². The van der Waals surface area contributed by atoms with E-state index < -0.39 is 11.6 Å². The molecule has 0 aliphatic heterocycles. The predicted octanol–water partition coefficient (Wildman–Crippen LogP) is 6.43. The average molecular weight is 462 g/mol. The Labute approximate surface area is 194 Å². The van der Waals surface area contributed by atoms with E-state index in [1.165, 1.54) is 12.1 Å². The Kier molecular flexibility index (Phi) is 5.60. The minimum absolute atomic E-state index is 0.345. The molecule has 0 saturated heterocycles. The van der Waals surface area contributed by atoms with Gasteiger partial charge in [0.2, 0.25) is 0 Å². The van der Waals surface area contributed by atoms with E-state index >= 15 is 0 Å². The van der Waals surface area contributed by atoms with Crippen molar-refractivity contribution in [2.75, 3.05) is 10.5 Å². The van der Waals surface area contributed by atoms with Gasteiger partial charge in [0.25, 0.3) is 0 Å². The number of nitrogens with zero attached hydrogens (tertiary/aromatic N) is 4. The molecule has 0 saturated carbocycles. The summed E-state index contributed by atoms with van der Waals surface area (Å²) < 4.78 is 34.9. The number of benzene rings is 2. The molecule has 5 aromatic rings. The summed E-state index contributed by atoms with van der Waals surface area (Å²) >= 11 is 1.55. The highest BCUT2D eigenvalue weighted by molar-refractivity contribution is 8.00. The van der Waals surface area contributed by atoms with Gasteiger partial charge in [0.15, 0.2) is 0 Å². The molecule has 0 fully saturated rings. The van der Waals surface area contributed by atoms with Gasteiger partial charge >= 0.3 is 0 Å². The minimum Gasteiger partial charge on any atom is -0.330 e. The summed E-state index contributed by atoms with van der Waals surface area (Å²) in [4.78, 5) is 0. The highest BCUT2D eigenvalue weighted by Crippen LogP contribution is 2.35. The summed E-state index contributed by atoms with van der Waals surface area (Å²) in [6.07, 6.45) is 7.54. The molecule has 0 bridgehead atoms. The van der Waals surface area contributed by atoms with Crippen molar-refractivity contribution in [2.24, 2.45) is 7.05 Å². The molecule has 3 aromatic heterocycles. The van der Waals surface area contributed by atoms with Gasteiger partial charge in [0.05, 0.1) is 17.9 Å². The van der Waals surface area contributed by atoms with Crippen molar-refractivity contribution < 1.29 is 8.78 Å². The lowest BCUT2D eigenvalue weighted by Gasteiger charge is -2.12. The lowest BCUT2D eigenvalue weighted by molar-refractivity contribution is 0.585. The van der Waals surface area contributed by atoms with E-state index in [9.17, 15) is 8.78 Å². The monoisotopic (exact) mass is 461 g/mol. The van der Waals surface area contributed by atoms with Crippen molar-refractivity contribution >= 4 is 23.2 Å². The maximum absolute atomic E-state index is 14.6. The summed E-state index contributed by atoms with van der Waals surface area (Å²) in [7, 11) is 1.88. The quantitative estimate of drug-likeness (QED) is 0.296. The predicted molar refractivity (Wildman–Crippen MR) is 130 cm³/mol. The highest BCUT2D eigenvalue weighted by Gasteiger charge is 2.14. The maximum Gasteiger partial charge on any atom is 0.133 e. The second-order valence-electron chi connectivity index (χ2n) is 7.67. The summed E-state index contributed by atoms with van der Waals surface area (Å²) in [5, 5.41) is 8.79. The van der Waals surface area contributed by atoms with Crippen molar-refractivity contribution in [3.05, 3.63) is 85.0 Å². The number of hydrogen-bond acceptors (Lipinski definition) is 4. The second kappa shape index (κ2) is 8.71. The first kappa shape index (κ1) is 21.2. The molecule has 166 valence electrons. The molecule has 5 rings (SSSR count). The van der Waals surface area contributed by atoms with Crippen LogP contribution in [0.4, 0.5) is 14.5 Å². The van der Waals surface area contributed by atoms with Crippen LogP contribution in [-0.2, 0) is 7.05 Å². The van der Waals surface area contributed by atoms with Gasteiger partial charge < -0.3 is 4.72 Å². The van der Waals surface area contributed by atoms with E-state index in [0.29, 0.717) is 11.1 Å². The van der Waals surface area contributed by atoms with E-state index in [2.05, 4.69) is 14.9 Å². The molecular weight excluding hydrogens is 440 g/mol. The number of anilines is 1. The average Bonchev–Trinajstić information content (AvgIpc) is 3.43. The molecule has 5 nitrogen and oxygen atoms in total. The van der Waals surface area contributed by atoms with Crippen LogP contribution in [0, 0.1) is 11.6 Å². The van der Waals surface area contributed by atoms with Crippen molar-refractivity contribution in [1.82, 2.24) is 19.4 Å². The van der Waals surface area contributed by atoms with Crippen LogP contribution >= 0.6 is 11.9 Å². The van der Waals surface area contributed by atoms with Crippen molar-refractivity contribution in [3.63, 3.8) is 0 Å². The summed E-state index contributed by atoms with van der Waals surface area (Å²) in [5.41, 5.74) is 6.59. The molecule has 0 spiro atoms. The van der Waals surface area contributed by atoms with E-state index in [4.69, 9.17) is 0 Å². The number of aromatic nitrogens is 4. The fourth-order valence-corrected chi connectivity index (χ4v) is 4.25. The van der Waals surface area contributed by atoms with Gasteiger partial charge in [-0.25, -0.2) is 13.3 Å². The smallest absolute Gasteiger partial charge is 0.133 e. The Balaban J connectivity index is 1.61. The van der Waals surface area contributed by atoms with Crippen LogP contribution in [0.2, 0.25) is 0 Å². The molecule has 0 atom stereocenters. The topological polar surface area (TPSA) is 47.1 Å². The third kappa shape index (κ3) is 4.21. The highest BCUT2D eigenvalue weighted by atomic mass is 32.2. The van der Waals surface area contributed by atoms with Gasteiger partial charge in [0.1, 0.15) is 11.6 Å². The zero-order valence-corrected chi connectivity index (χ0v) is 18.9. The molecule has 0 aliphatic rings. The van der Waals surface area contributed by atoms with E-state index in [1.807, 2.05) is 67.4 Å². The minimum atomic E-state index is -0.598. The Hall–Kier alpha value is -3.65. The van der Waals surface area contributed by atoms with Crippen LogP contribution in [0.1, 0.15) is 6.92 Å². The Morgan fingerprint density at radius 1 is 0.848 bits per heavy atom. The number of halogens is 2. The van der Waals surface area contributed by atoms with Gasteiger partial charge in [-0.2, -0.15) is 10.2 Å². The first-order valence-electron chi connectivity index (χ1n) is 10.5. The van der Waals surface area contributed by atoms with Gasteiger partial charge in [-0.1, -0.05) is 24.9 Å². The number of aryl methyl sites for hydroxylation is 1. The number of pyridine rings is 1. The van der Waals surface area contributed by atoms with E-state index in [-0.39, 0.29) is 0 Å². The molecule has 0 radical (unpaired) electrons. The summed E-state index contributed by atoms with van der Waals surface area (Å²) in [5.74, 6) is -0.320. The normalized spacial score (nSPS) is 11.3. The van der Waals surface area contributed by atoms with Crippen LogP contribution in [-0.4, -0.2) is 25.1 Å². The molecule has 3 heterocycles. The van der Waals surface area contributed by atoms with Gasteiger partial charge in [-0.3, -0.25) is 4.68 Å². The van der Waals surface area contributed by atoms with Gasteiger partial charge in [-0.05, 0) is 47.5 Å². The third-order valence-electron chi connectivity index (χ3n) is 5.37.